The van der Waals surface area contributed by atoms with Gasteiger partial charge in [-0.3, -0.25) is 0 Å². The monoisotopic (exact) mass is 682 g/mol. The Labute approximate surface area is 283 Å². The molecule has 0 spiro atoms. The predicted molar refractivity (Wildman–Crippen MR) is 183 cm³/mol. The Hall–Kier alpha value is -4.36. The first kappa shape index (κ1) is 33.5. The Bertz CT molecular complexity index is 1970. The van der Waals surface area contributed by atoms with Gasteiger partial charge in [0.15, 0.2) is 6.29 Å². The number of ether oxygens (including phenoxy) is 2. The third-order valence-corrected chi connectivity index (χ3v) is 10.5. The molecule has 0 bridgehead atoms. The summed E-state index contributed by atoms with van der Waals surface area (Å²) in [5, 5.41) is 19.6. The topological polar surface area (TPSA) is 135 Å². The highest BCUT2D eigenvalue weighted by molar-refractivity contribution is 7.99. The first-order valence-electron chi connectivity index (χ1n) is 15.3. The van der Waals surface area contributed by atoms with E-state index in [0.717, 1.165) is 33.4 Å². The molecular formula is C37H34N2O7S2. The van der Waals surface area contributed by atoms with Crippen LogP contribution in [-0.2, 0) is 32.6 Å². The summed E-state index contributed by atoms with van der Waals surface area (Å²) in [7, 11) is -3.65. The van der Waals surface area contributed by atoms with Gasteiger partial charge >= 0.3 is 5.97 Å². The number of carbonyl (C=O) groups is 1. The molecule has 0 amide bonds. The molecule has 1 aromatic heterocycles. The van der Waals surface area contributed by atoms with Crippen molar-refractivity contribution in [1.29, 1.82) is 0 Å². The van der Waals surface area contributed by atoms with Crippen LogP contribution in [-0.4, -0.2) is 41.4 Å². The minimum atomic E-state index is -3.65. The molecule has 11 heteroatoms. The number of hydrogen-bond donors (Lipinski definition) is 3. The molecule has 48 heavy (non-hydrogen) atoms. The highest BCUT2D eigenvalue weighted by Crippen LogP contribution is 2.40. The van der Waals surface area contributed by atoms with Crippen LogP contribution >= 0.6 is 11.8 Å². The second-order valence-electron chi connectivity index (χ2n) is 11.3. The lowest BCUT2D eigenvalue weighted by Crippen LogP contribution is -2.31. The van der Waals surface area contributed by atoms with Gasteiger partial charge < -0.3 is 19.7 Å². The number of nitrogens with one attached hydrogen (secondary N) is 1. The van der Waals surface area contributed by atoms with Crippen LogP contribution in [0, 0.1) is 0 Å². The van der Waals surface area contributed by atoms with Gasteiger partial charge in [-0.15, -0.1) is 11.8 Å². The number of carboxylic acids is 1. The van der Waals surface area contributed by atoms with Crippen LogP contribution in [0.3, 0.4) is 0 Å². The maximum Gasteiger partial charge on any atom is 0.338 e. The van der Waals surface area contributed by atoms with Crippen LogP contribution in [0.5, 0.6) is 0 Å². The third-order valence-electron chi connectivity index (χ3n) is 7.96. The van der Waals surface area contributed by atoms with Gasteiger partial charge in [0, 0.05) is 30.5 Å². The van der Waals surface area contributed by atoms with Gasteiger partial charge in [-0.25, -0.2) is 22.9 Å². The molecule has 0 unspecified atom stereocenters. The SMILES string of the molecule is O=C(O)c1cccnc1SC[C@@H]1C[C@H](c2ccc(CO)cc2)O[C@H](c2cccc(-c3cccc(CNS(=O)(=O)c4ccccc4)c3)c2)O1. The van der Waals surface area contributed by atoms with Crippen molar-refractivity contribution in [3.05, 3.63) is 149 Å². The normalized spacial score (nSPS) is 18.0. The minimum Gasteiger partial charge on any atom is -0.478 e. The fourth-order valence-electron chi connectivity index (χ4n) is 5.45. The van der Waals surface area contributed by atoms with Crippen LogP contribution in [0.2, 0.25) is 0 Å². The molecule has 2 heterocycles. The van der Waals surface area contributed by atoms with Crippen LogP contribution in [0.1, 0.15) is 51.4 Å². The van der Waals surface area contributed by atoms with E-state index in [1.54, 1.807) is 42.6 Å². The van der Waals surface area contributed by atoms with Gasteiger partial charge in [-0.2, -0.15) is 0 Å². The van der Waals surface area contributed by atoms with E-state index in [4.69, 9.17) is 9.47 Å². The van der Waals surface area contributed by atoms with Crippen LogP contribution < -0.4 is 4.72 Å². The van der Waals surface area contributed by atoms with Gasteiger partial charge in [0.1, 0.15) is 5.03 Å². The number of thioether (sulfide) groups is 1. The fraction of sp³-hybridized carbons (Fsp3) is 0.189. The molecule has 1 saturated heterocycles. The Morgan fingerprint density at radius 3 is 2.33 bits per heavy atom. The van der Waals surface area contributed by atoms with E-state index in [2.05, 4.69) is 9.71 Å². The van der Waals surface area contributed by atoms with Crippen molar-refractivity contribution in [2.24, 2.45) is 0 Å². The first-order chi connectivity index (χ1) is 23.3. The molecule has 1 aliphatic heterocycles. The first-order valence-corrected chi connectivity index (χ1v) is 17.8. The molecule has 0 radical (unpaired) electrons. The van der Waals surface area contributed by atoms with Crippen molar-refractivity contribution >= 4 is 27.8 Å². The summed E-state index contributed by atoms with van der Waals surface area (Å²) < 4.78 is 41.2. The second kappa shape index (κ2) is 15.2. The standard InChI is InChI=1S/C37H34N2O7S2/c40-23-25-14-16-27(17-15-25)34-21-31(24-47-35-33(36(41)42)13-6-18-38-35)45-37(46-34)30-10-5-9-29(20-30)28-8-4-7-26(19-28)22-39-48(43,44)32-11-2-1-3-12-32/h1-20,31,34,37,39-40H,21-24H2,(H,41,42)/t31-,34+,37+/m0/s1. The highest BCUT2D eigenvalue weighted by atomic mass is 32.2. The van der Waals surface area contributed by atoms with Gasteiger partial charge in [0.05, 0.1) is 29.3 Å². The van der Waals surface area contributed by atoms with Crippen molar-refractivity contribution in [1.82, 2.24) is 9.71 Å². The molecular weight excluding hydrogens is 649 g/mol. The van der Waals surface area contributed by atoms with Crippen molar-refractivity contribution in [3.63, 3.8) is 0 Å². The van der Waals surface area contributed by atoms with Crippen molar-refractivity contribution < 1.29 is 32.9 Å². The zero-order valence-electron chi connectivity index (χ0n) is 25.8. The van der Waals surface area contributed by atoms with Crippen molar-refractivity contribution in [2.45, 2.75) is 48.0 Å². The van der Waals surface area contributed by atoms with E-state index in [9.17, 15) is 23.4 Å². The molecule has 6 rings (SSSR count). The number of carboxylic acid groups (broad SMARTS) is 1. The van der Waals surface area contributed by atoms with E-state index < -0.39 is 22.3 Å². The average molecular weight is 683 g/mol. The molecule has 0 aliphatic carbocycles. The second-order valence-corrected chi connectivity index (χ2v) is 14.1. The molecule has 4 aromatic carbocycles. The summed E-state index contributed by atoms with van der Waals surface area (Å²) in [4.78, 5) is 16.3. The lowest BCUT2D eigenvalue weighted by atomic mass is 9.99. The number of sulfonamides is 1. The molecule has 3 N–H and O–H groups in total. The zero-order valence-corrected chi connectivity index (χ0v) is 27.4. The highest BCUT2D eigenvalue weighted by Gasteiger charge is 2.33. The van der Waals surface area contributed by atoms with Crippen LogP contribution in [0.25, 0.3) is 11.1 Å². The summed E-state index contributed by atoms with van der Waals surface area (Å²) >= 11 is 1.33. The van der Waals surface area contributed by atoms with Gasteiger partial charge in [-0.05, 0) is 64.2 Å². The molecule has 3 atom stereocenters. The number of benzene rings is 4. The van der Waals surface area contributed by atoms with Gasteiger partial charge in [0.2, 0.25) is 10.0 Å². The number of nitrogens with zero attached hydrogens (tertiary/aromatic N) is 1. The molecule has 1 fully saturated rings. The summed E-state index contributed by atoms with van der Waals surface area (Å²) in [6.07, 6.45) is 0.805. The third kappa shape index (κ3) is 8.19. The summed E-state index contributed by atoms with van der Waals surface area (Å²) in [5.41, 5.74) is 5.32. The summed E-state index contributed by atoms with van der Waals surface area (Å²) in [5.74, 6) is -0.573. The maximum absolute atomic E-state index is 12.8. The van der Waals surface area contributed by atoms with Crippen LogP contribution in [0.15, 0.2) is 131 Å². The molecule has 9 nitrogen and oxygen atoms in total. The number of aliphatic hydroxyl groups is 1. The molecule has 0 saturated carbocycles. The average Bonchev–Trinajstić information content (AvgIpc) is 3.13. The molecule has 246 valence electrons. The number of hydrogen-bond acceptors (Lipinski definition) is 8. The Kier molecular flexibility index (Phi) is 10.7. The van der Waals surface area contributed by atoms with Crippen molar-refractivity contribution in [3.8, 4) is 11.1 Å². The van der Waals surface area contributed by atoms with E-state index in [1.165, 1.54) is 17.8 Å². The summed E-state index contributed by atoms with van der Waals surface area (Å²) in [6, 6.07) is 34.6. The largest absolute Gasteiger partial charge is 0.478 e. The Balaban J connectivity index is 1.22. The minimum absolute atomic E-state index is 0.0559. The maximum atomic E-state index is 12.8. The zero-order chi connectivity index (χ0) is 33.5. The van der Waals surface area contributed by atoms with Gasteiger partial charge in [-0.1, -0.05) is 78.9 Å². The Morgan fingerprint density at radius 2 is 1.58 bits per heavy atom. The molecule has 5 aromatic rings. The lowest BCUT2D eigenvalue weighted by molar-refractivity contribution is -0.245. The quantitative estimate of drug-likeness (QED) is 0.122. The smallest absolute Gasteiger partial charge is 0.338 e. The lowest BCUT2D eigenvalue weighted by Gasteiger charge is -2.36. The number of aliphatic hydroxyl groups excluding tert-OH is 1. The molecule has 1 aliphatic rings. The Morgan fingerprint density at radius 1 is 0.833 bits per heavy atom. The number of aromatic nitrogens is 1. The number of rotatable bonds is 12. The van der Waals surface area contributed by atoms with E-state index >= 15 is 0 Å². The number of pyridine rings is 1. The van der Waals surface area contributed by atoms with Crippen molar-refractivity contribution in [2.75, 3.05) is 5.75 Å². The van der Waals surface area contributed by atoms with E-state index in [0.29, 0.717) is 17.2 Å². The van der Waals surface area contributed by atoms with E-state index in [1.807, 2.05) is 72.8 Å². The van der Waals surface area contributed by atoms with Gasteiger partial charge in [0.25, 0.3) is 0 Å². The fourth-order valence-corrected chi connectivity index (χ4v) is 7.49. The van der Waals surface area contributed by atoms with E-state index in [-0.39, 0.29) is 35.8 Å². The number of aromatic carboxylic acids is 1. The predicted octanol–water partition coefficient (Wildman–Crippen LogP) is 6.76. The van der Waals surface area contributed by atoms with Crippen LogP contribution in [0.4, 0.5) is 0 Å². The summed E-state index contributed by atoms with van der Waals surface area (Å²) in [6.45, 7) is 0.0786.